The fraction of sp³-hybridized carbons (Fsp3) is 0.812. The molecule has 0 aliphatic rings. The van der Waals surface area contributed by atoms with Crippen LogP contribution in [-0.4, -0.2) is 145 Å². The molecule has 47 heavy (non-hydrogen) atoms. The third-order valence-corrected chi connectivity index (χ3v) is 11.6. The molecule has 14 nitrogen and oxygen atoms in total. The third kappa shape index (κ3) is 25.0. The van der Waals surface area contributed by atoms with Crippen molar-refractivity contribution in [2.45, 2.75) is 38.9 Å². The standard InChI is InChI=1S/C32H59NO13Si/c1-32(2,3)47(4,5)46-29-27-44-25-23-42-21-19-40-17-15-38-13-11-36-10-12-37-14-16-39-18-20-41-22-24-43-26-28-45-31-8-6-30(7-9-31)33(34)35/h6-9H,10-29H2,1-5H3. The molecule has 1 rings (SSSR count). The highest BCUT2D eigenvalue weighted by molar-refractivity contribution is 6.74. The Kier molecular flexibility index (Phi) is 25.9. The van der Waals surface area contributed by atoms with Crippen LogP contribution in [0.5, 0.6) is 5.75 Å². The Bertz CT molecular complexity index is 872. The number of nitrogens with zero attached hydrogens (tertiary/aromatic N) is 1. The zero-order valence-corrected chi connectivity index (χ0v) is 30.2. The van der Waals surface area contributed by atoms with Crippen molar-refractivity contribution in [2.24, 2.45) is 0 Å². The largest absolute Gasteiger partial charge is 0.491 e. The molecule has 0 spiro atoms. The Morgan fingerprint density at radius 3 is 1.06 bits per heavy atom. The molecular formula is C32H59NO13Si. The highest BCUT2D eigenvalue weighted by Gasteiger charge is 2.36. The van der Waals surface area contributed by atoms with Crippen molar-refractivity contribution in [3.63, 3.8) is 0 Å². The first-order chi connectivity index (χ1) is 22.6. The van der Waals surface area contributed by atoms with E-state index in [9.17, 15) is 10.1 Å². The second-order valence-electron chi connectivity index (χ2n) is 11.7. The van der Waals surface area contributed by atoms with E-state index in [2.05, 4.69) is 33.9 Å². The van der Waals surface area contributed by atoms with E-state index >= 15 is 0 Å². The van der Waals surface area contributed by atoms with Gasteiger partial charge in [0.15, 0.2) is 8.32 Å². The first-order valence-corrected chi connectivity index (χ1v) is 19.3. The molecule has 0 amide bonds. The van der Waals surface area contributed by atoms with Crippen molar-refractivity contribution >= 4 is 14.0 Å². The normalized spacial score (nSPS) is 12.1. The molecule has 0 aliphatic carbocycles. The summed E-state index contributed by atoms with van der Waals surface area (Å²) in [6, 6.07) is 5.92. The van der Waals surface area contributed by atoms with Crippen LogP contribution >= 0.6 is 0 Å². The number of nitro benzene ring substituents is 1. The lowest BCUT2D eigenvalue weighted by Gasteiger charge is -2.36. The van der Waals surface area contributed by atoms with E-state index in [0.29, 0.717) is 138 Å². The van der Waals surface area contributed by atoms with Gasteiger partial charge in [0.2, 0.25) is 0 Å². The topological polar surface area (TPSA) is 145 Å². The number of non-ortho nitro benzene ring substituents is 1. The Morgan fingerprint density at radius 1 is 0.511 bits per heavy atom. The van der Waals surface area contributed by atoms with E-state index < -0.39 is 13.2 Å². The first kappa shape index (κ1) is 43.3. The molecule has 15 heteroatoms. The molecule has 1 aromatic rings. The van der Waals surface area contributed by atoms with E-state index in [1.54, 1.807) is 12.1 Å². The highest BCUT2D eigenvalue weighted by atomic mass is 28.4. The predicted molar refractivity (Wildman–Crippen MR) is 179 cm³/mol. The molecule has 0 N–H and O–H groups in total. The SMILES string of the molecule is CC(C)(C)[Si](C)(C)OCCOCCOCCOCCOCCOCCOCCOCCOCCOCCOc1ccc([N+](=O)[O-])cc1. The van der Waals surface area contributed by atoms with Crippen LogP contribution in [0.1, 0.15) is 20.8 Å². The zero-order chi connectivity index (χ0) is 34.5. The number of hydrogen-bond donors (Lipinski definition) is 0. The summed E-state index contributed by atoms with van der Waals surface area (Å²) in [5.74, 6) is 0.558. The van der Waals surface area contributed by atoms with Crippen molar-refractivity contribution in [2.75, 3.05) is 132 Å². The lowest BCUT2D eigenvalue weighted by molar-refractivity contribution is -0.384. The van der Waals surface area contributed by atoms with E-state index in [4.69, 9.17) is 51.8 Å². The van der Waals surface area contributed by atoms with Gasteiger partial charge in [-0.1, -0.05) is 20.8 Å². The average Bonchev–Trinajstić information content (AvgIpc) is 3.03. The van der Waals surface area contributed by atoms with Crippen LogP contribution in [0.15, 0.2) is 24.3 Å². The fourth-order valence-electron chi connectivity index (χ4n) is 3.32. The number of ether oxygens (including phenoxy) is 10. The summed E-state index contributed by atoms with van der Waals surface area (Å²) >= 11 is 0. The molecule has 0 fully saturated rings. The minimum absolute atomic E-state index is 0.0269. The maximum absolute atomic E-state index is 10.6. The van der Waals surface area contributed by atoms with Gasteiger partial charge in [0.25, 0.3) is 5.69 Å². The van der Waals surface area contributed by atoms with Crippen LogP contribution < -0.4 is 4.74 Å². The minimum atomic E-state index is -1.70. The van der Waals surface area contributed by atoms with Gasteiger partial charge in [-0.25, -0.2) is 0 Å². The zero-order valence-electron chi connectivity index (χ0n) is 29.2. The molecule has 0 atom stereocenters. The maximum Gasteiger partial charge on any atom is 0.269 e. The van der Waals surface area contributed by atoms with Crippen LogP contribution in [0.3, 0.4) is 0 Å². The second-order valence-corrected chi connectivity index (χ2v) is 16.5. The molecule has 274 valence electrons. The second kappa shape index (κ2) is 28.1. The maximum atomic E-state index is 10.6. The van der Waals surface area contributed by atoms with Crippen molar-refractivity contribution in [1.82, 2.24) is 0 Å². The van der Waals surface area contributed by atoms with Crippen LogP contribution in [0.2, 0.25) is 18.1 Å². The van der Waals surface area contributed by atoms with Crippen LogP contribution in [-0.2, 0) is 47.1 Å². The molecule has 0 saturated carbocycles. The van der Waals surface area contributed by atoms with Gasteiger partial charge in [-0.15, -0.1) is 0 Å². The molecule has 1 aromatic carbocycles. The Balaban J connectivity index is 1.69. The average molecular weight is 694 g/mol. The number of benzene rings is 1. The Hall–Kier alpha value is -1.76. The minimum Gasteiger partial charge on any atom is -0.491 e. The van der Waals surface area contributed by atoms with E-state index in [0.717, 1.165) is 0 Å². The quantitative estimate of drug-likeness (QED) is 0.0450. The summed E-state index contributed by atoms with van der Waals surface area (Å²) in [6.45, 7) is 21.0. The summed E-state index contributed by atoms with van der Waals surface area (Å²) in [7, 11) is -1.70. The monoisotopic (exact) mass is 693 g/mol. The van der Waals surface area contributed by atoms with Crippen molar-refractivity contribution in [1.29, 1.82) is 0 Å². The molecule has 0 unspecified atom stereocenters. The van der Waals surface area contributed by atoms with Crippen molar-refractivity contribution < 1.29 is 56.7 Å². The van der Waals surface area contributed by atoms with Crippen molar-refractivity contribution in [3.8, 4) is 5.75 Å². The smallest absolute Gasteiger partial charge is 0.269 e. The van der Waals surface area contributed by atoms with Gasteiger partial charge >= 0.3 is 0 Å². The molecule has 0 aliphatic heterocycles. The number of nitro groups is 1. The van der Waals surface area contributed by atoms with E-state index in [-0.39, 0.29) is 10.7 Å². The van der Waals surface area contributed by atoms with Gasteiger partial charge in [-0.3, -0.25) is 10.1 Å². The van der Waals surface area contributed by atoms with Gasteiger partial charge in [-0.2, -0.15) is 0 Å². The van der Waals surface area contributed by atoms with Gasteiger partial charge in [0, 0.05) is 12.1 Å². The first-order valence-electron chi connectivity index (χ1n) is 16.3. The predicted octanol–water partition coefficient (Wildman–Crippen LogP) is 4.14. The molecule has 0 bridgehead atoms. The van der Waals surface area contributed by atoms with E-state index in [1.165, 1.54) is 12.1 Å². The lowest BCUT2D eigenvalue weighted by Crippen LogP contribution is -2.41. The number of hydrogen-bond acceptors (Lipinski definition) is 13. The van der Waals surface area contributed by atoms with Gasteiger partial charge in [0.05, 0.1) is 130 Å². The molecular weight excluding hydrogens is 634 g/mol. The summed E-state index contributed by atoms with van der Waals surface area (Å²) in [6.07, 6.45) is 0. The lowest BCUT2D eigenvalue weighted by atomic mass is 10.2. The van der Waals surface area contributed by atoms with Gasteiger partial charge in [0.1, 0.15) is 12.4 Å². The van der Waals surface area contributed by atoms with Gasteiger partial charge < -0.3 is 51.8 Å². The Morgan fingerprint density at radius 2 is 0.787 bits per heavy atom. The van der Waals surface area contributed by atoms with Gasteiger partial charge in [-0.05, 0) is 30.3 Å². The van der Waals surface area contributed by atoms with Crippen molar-refractivity contribution in [3.05, 3.63) is 34.4 Å². The molecule has 0 heterocycles. The third-order valence-electron chi connectivity index (χ3n) is 7.02. The molecule has 0 aromatic heterocycles. The summed E-state index contributed by atoms with van der Waals surface area (Å²) in [5, 5.41) is 10.8. The van der Waals surface area contributed by atoms with Crippen LogP contribution in [0.4, 0.5) is 5.69 Å². The summed E-state index contributed by atoms with van der Waals surface area (Å²) < 4.78 is 60.9. The number of rotatable bonds is 33. The van der Waals surface area contributed by atoms with E-state index in [1.807, 2.05) is 0 Å². The molecule has 0 radical (unpaired) electrons. The molecule has 0 saturated heterocycles. The summed E-state index contributed by atoms with van der Waals surface area (Å²) in [5.41, 5.74) is 0.0269. The fourth-order valence-corrected chi connectivity index (χ4v) is 4.34. The highest BCUT2D eigenvalue weighted by Crippen LogP contribution is 2.36. The van der Waals surface area contributed by atoms with Crippen LogP contribution in [0.25, 0.3) is 0 Å². The summed E-state index contributed by atoms with van der Waals surface area (Å²) in [4.78, 5) is 10.2. The van der Waals surface area contributed by atoms with Crippen LogP contribution in [0, 0.1) is 10.1 Å². The Labute approximate surface area is 281 Å².